The van der Waals surface area contributed by atoms with Crippen LogP contribution in [0.4, 0.5) is 0 Å². The molecule has 0 spiro atoms. The van der Waals surface area contributed by atoms with Crippen LogP contribution in [0.1, 0.15) is 48.2 Å². The van der Waals surface area contributed by atoms with Crippen LogP contribution in [0.25, 0.3) is 0 Å². The molecule has 0 atom stereocenters. The number of unbranched alkanes of at least 4 members (excludes halogenated alkanes) is 2. The topological polar surface area (TPSA) is 42.9 Å². The van der Waals surface area contributed by atoms with Crippen LogP contribution in [0.2, 0.25) is 0 Å². The Bertz CT molecular complexity index is 310. The minimum Gasteiger partial charge on any atom is -0.296 e. The molecule has 3 nitrogen and oxygen atoms in total. The van der Waals surface area contributed by atoms with Gasteiger partial charge in [-0.15, -0.1) is 0 Å². The molecule has 0 saturated heterocycles. The van der Waals surface area contributed by atoms with Gasteiger partial charge < -0.3 is 0 Å². The van der Waals surface area contributed by atoms with Crippen molar-refractivity contribution >= 4 is 6.29 Å². The van der Waals surface area contributed by atoms with Crippen molar-refractivity contribution in [2.24, 2.45) is 0 Å². The van der Waals surface area contributed by atoms with E-state index in [1.54, 1.807) is 6.07 Å². The van der Waals surface area contributed by atoms with E-state index in [0.29, 0.717) is 11.5 Å². The van der Waals surface area contributed by atoms with Crippen LogP contribution in [0.5, 0.6) is 0 Å². The first-order valence-electron chi connectivity index (χ1n) is 5.06. The van der Waals surface area contributed by atoms with Gasteiger partial charge in [-0.2, -0.15) is 0 Å². The highest BCUT2D eigenvalue weighted by Gasteiger charge is 2.00. The fourth-order valence-corrected chi connectivity index (χ4v) is 1.40. The molecule has 0 aliphatic rings. The Hall–Kier alpha value is -1.25. The summed E-state index contributed by atoms with van der Waals surface area (Å²) in [4.78, 5) is 18.8. The smallest absolute Gasteiger partial charge is 0.168 e. The molecule has 1 heterocycles. The molecule has 0 radical (unpaired) electrons. The molecule has 0 fully saturated rings. The van der Waals surface area contributed by atoms with Gasteiger partial charge in [-0.3, -0.25) is 4.79 Å². The van der Waals surface area contributed by atoms with E-state index < -0.39 is 0 Å². The van der Waals surface area contributed by atoms with E-state index in [2.05, 4.69) is 16.9 Å². The first-order valence-corrected chi connectivity index (χ1v) is 5.06. The van der Waals surface area contributed by atoms with E-state index >= 15 is 0 Å². The molecule has 1 aromatic rings. The molecule has 0 N–H and O–H groups in total. The molecule has 0 bridgehead atoms. The third kappa shape index (κ3) is 3.24. The van der Waals surface area contributed by atoms with Gasteiger partial charge >= 0.3 is 0 Å². The van der Waals surface area contributed by atoms with Crippen LogP contribution in [-0.2, 0) is 6.42 Å². The Morgan fingerprint density at radius 1 is 1.36 bits per heavy atom. The lowest BCUT2D eigenvalue weighted by Crippen LogP contribution is -1.99. The standard InChI is InChI=1S/C11H16N2O/c1-3-4-5-6-10-7-11(8-14)13-9(2)12-10/h7-8H,3-6H2,1-2H3. The number of aryl methyl sites for hydroxylation is 2. The van der Waals surface area contributed by atoms with Crippen molar-refractivity contribution in [3.05, 3.63) is 23.3 Å². The monoisotopic (exact) mass is 192 g/mol. The zero-order valence-corrected chi connectivity index (χ0v) is 8.79. The number of hydrogen-bond acceptors (Lipinski definition) is 3. The van der Waals surface area contributed by atoms with E-state index in [1.165, 1.54) is 12.8 Å². The molecule has 0 saturated carbocycles. The number of hydrogen-bond donors (Lipinski definition) is 0. The number of aromatic nitrogens is 2. The van der Waals surface area contributed by atoms with Crippen LogP contribution < -0.4 is 0 Å². The lowest BCUT2D eigenvalue weighted by atomic mass is 10.1. The first kappa shape index (κ1) is 10.8. The van der Waals surface area contributed by atoms with Crippen molar-refractivity contribution in [2.75, 3.05) is 0 Å². The summed E-state index contributed by atoms with van der Waals surface area (Å²) in [6.07, 6.45) is 5.26. The van der Waals surface area contributed by atoms with Crippen LogP contribution in [0.15, 0.2) is 6.07 Å². The molecular weight excluding hydrogens is 176 g/mol. The van der Waals surface area contributed by atoms with Crippen molar-refractivity contribution in [1.82, 2.24) is 9.97 Å². The van der Waals surface area contributed by atoms with Crippen LogP contribution in [0, 0.1) is 6.92 Å². The number of aldehydes is 1. The van der Waals surface area contributed by atoms with Gasteiger partial charge in [0.1, 0.15) is 11.5 Å². The molecule has 3 heteroatoms. The lowest BCUT2D eigenvalue weighted by molar-refractivity contribution is 0.111. The number of carbonyl (C=O) groups is 1. The van der Waals surface area contributed by atoms with Gasteiger partial charge in [-0.25, -0.2) is 9.97 Å². The highest BCUT2D eigenvalue weighted by Crippen LogP contribution is 2.05. The maximum absolute atomic E-state index is 10.6. The van der Waals surface area contributed by atoms with Crippen LogP contribution >= 0.6 is 0 Å². The summed E-state index contributed by atoms with van der Waals surface area (Å²) in [6.45, 7) is 3.98. The van der Waals surface area contributed by atoms with Crippen molar-refractivity contribution in [2.45, 2.75) is 39.5 Å². The molecule has 0 aliphatic heterocycles. The number of rotatable bonds is 5. The number of nitrogens with zero attached hydrogens (tertiary/aromatic N) is 2. The molecule has 1 aromatic heterocycles. The summed E-state index contributed by atoms with van der Waals surface area (Å²) in [6, 6.07) is 1.77. The van der Waals surface area contributed by atoms with E-state index in [-0.39, 0.29) is 0 Å². The Morgan fingerprint density at radius 3 is 2.79 bits per heavy atom. The van der Waals surface area contributed by atoms with Gasteiger partial charge in [0, 0.05) is 5.69 Å². The Kier molecular flexibility index (Phi) is 4.23. The summed E-state index contributed by atoms with van der Waals surface area (Å²) >= 11 is 0. The normalized spacial score (nSPS) is 10.1. The highest BCUT2D eigenvalue weighted by atomic mass is 16.1. The van der Waals surface area contributed by atoms with Gasteiger partial charge in [-0.1, -0.05) is 19.8 Å². The highest BCUT2D eigenvalue weighted by molar-refractivity contribution is 5.71. The first-order chi connectivity index (χ1) is 6.76. The zero-order valence-electron chi connectivity index (χ0n) is 8.79. The van der Waals surface area contributed by atoms with Gasteiger partial charge in [0.15, 0.2) is 6.29 Å². The molecule has 1 rings (SSSR count). The third-order valence-corrected chi connectivity index (χ3v) is 2.07. The van der Waals surface area contributed by atoms with Gasteiger partial charge in [0.05, 0.1) is 0 Å². The Morgan fingerprint density at radius 2 is 2.14 bits per heavy atom. The Labute approximate surface area is 84.6 Å². The molecule has 0 aliphatic carbocycles. The van der Waals surface area contributed by atoms with E-state index in [1.807, 2.05) is 6.92 Å². The lowest BCUT2D eigenvalue weighted by Gasteiger charge is -2.01. The van der Waals surface area contributed by atoms with Crippen molar-refractivity contribution < 1.29 is 4.79 Å². The molecule has 0 unspecified atom stereocenters. The minimum absolute atomic E-state index is 0.490. The summed E-state index contributed by atoms with van der Waals surface area (Å²) in [5, 5.41) is 0. The fraction of sp³-hybridized carbons (Fsp3) is 0.545. The molecule has 0 amide bonds. The van der Waals surface area contributed by atoms with Gasteiger partial charge in [-0.05, 0) is 25.8 Å². The predicted molar refractivity (Wildman–Crippen MR) is 55.4 cm³/mol. The van der Waals surface area contributed by atoms with E-state index in [0.717, 1.165) is 24.8 Å². The fourth-order valence-electron chi connectivity index (χ4n) is 1.40. The minimum atomic E-state index is 0.490. The largest absolute Gasteiger partial charge is 0.296 e. The van der Waals surface area contributed by atoms with E-state index in [4.69, 9.17) is 0 Å². The summed E-state index contributed by atoms with van der Waals surface area (Å²) < 4.78 is 0. The van der Waals surface area contributed by atoms with Gasteiger partial charge in [0.25, 0.3) is 0 Å². The predicted octanol–water partition coefficient (Wildman–Crippen LogP) is 2.33. The number of carbonyl (C=O) groups excluding carboxylic acids is 1. The molecular formula is C11H16N2O. The summed E-state index contributed by atoms with van der Waals surface area (Å²) in [7, 11) is 0. The van der Waals surface area contributed by atoms with Crippen molar-refractivity contribution in [3.8, 4) is 0 Å². The maximum atomic E-state index is 10.6. The quantitative estimate of drug-likeness (QED) is 0.531. The third-order valence-electron chi connectivity index (χ3n) is 2.07. The summed E-state index contributed by atoms with van der Waals surface area (Å²) in [5.74, 6) is 0.682. The van der Waals surface area contributed by atoms with Crippen molar-refractivity contribution in [1.29, 1.82) is 0 Å². The molecule has 14 heavy (non-hydrogen) atoms. The second-order valence-electron chi connectivity index (χ2n) is 3.41. The molecule has 76 valence electrons. The zero-order chi connectivity index (χ0) is 10.4. The van der Waals surface area contributed by atoms with Crippen LogP contribution in [0.3, 0.4) is 0 Å². The van der Waals surface area contributed by atoms with Gasteiger partial charge in [0.2, 0.25) is 0 Å². The second-order valence-corrected chi connectivity index (χ2v) is 3.41. The van der Waals surface area contributed by atoms with E-state index in [9.17, 15) is 4.79 Å². The summed E-state index contributed by atoms with van der Waals surface area (Å²) in [5.41, 5.74) is 1.47. The maximum Gasteiger partial charge on any atom is 0.168 e. The Balaban J connectivity index is 2.66. The second kappa shape index (κ2) is 5.47. The van der Waals surface area contributed by atoms with Crippen molar-refractivity contribution in [3.63, 3.8) is 0 Å². The average Bonchev–Trinajstić information content (AvgIpc) is 2.17. The average molecular weight is 192 g/mol. The van der Waals surface area contributed by atoms with Crippen LogP contribution in [-0.4, -0.2) is 16.3 Å². The SMILES string of the molecule is CCCCCc1cc(C=O)nc(C)n1. The molecule has 0 aromatic carbocycles.